The van der Waals surface area contributed by atoms with Crippen molar-refractivity contribution in [2.24, 2.45) is 0 Å². The molecule has 2 amide bonds. The summed E-state index contributed by atoms with van der Waals surface area (Å²) in [7, 11) is -0.125. The van der Waals surface area contributed by atoms with Gasteiger partial charge in [-0.15, -0.1) is 0 Å². The van der Waals surface area contributed by atoms with Gasteiger partial charge >= 0.3 is 0 Å². The van der Waals surface area contributed by atoms with Gasteiger partial charge in [-0.3, -0.25) is 14.3 Å². The largest absolute Gasteiger partial charge is 0.353 e. The monoisotopic (exact) mass is 548 g/mol. The molecule has 0 aliphatic carbocycles. The average molecular weight is 549 g/mol. The van der Waals surface area contributed by atoms with Crippen molar-refractivity contribution in [2.45, 2.75) is 43.4 Å². The summed E-state index contributed by atoms with van der Waals surface area (Å²) in [4.78, 5) is 29.6. The number of carbonyl (C=O) groups is 2. The molecule has 3 aromatic rings. The quantitative estimate of drug-likeness (QED) is 0.369. The van der Waals surface area contributed by atoms with Crippen LogP contribution in [0.2, 0.25) is 0 Å². The SMILES string of the molecule is Cc1ccccc1C1(C(=O)NCCN(C)C)C(=O)Nc2ccc(NS(=O)(=O)c3ccc(C(C)(C)C)cc3)cc21. The lowest BCUT2D eigenvalue weighted by Gasteiger charge is -2.29. The lowest BCUT2D eigenvalue weighted by Crippen LogP contribution is -2.51. The fraction of sp³-hybridized carbons (Fsp3) is 0.333. The maximum absolute atomic E-state index is 13.9. The number of rotatable bonds is 8. The molecule has 1 atom stereocenters. The Morgan fingerprint density at radius 3 is 2.26 bits per heavy atom. The third kappa shape index (κ3) is 5.42. The van der Waals surface area contributed by atoms with E-state index in [9.17, 15) is 18.0 Å². The third-order valence-corrected chi connectivity index (χ3v) is 8.43. The summed E-state index contributed by atoms with van der Waals surface area (Å²) >= 11 is 0. The van der Waals surface area contributed by atoms with Crippen molar-refractivity contribution >= 4 is 33.2 Å². The molecule has 1 unspecified atom stereocenters. The zero-order valence-corrected chi connectivity index (χ0v) is 24.1. The maximum Gasteiger partial charge on any atom is 0.261 e. The van der Waals surface area contributed by atoms with Crippen LogP contribution in [0.15, 0.2) is 71.6 Å². The molecule has 1 aliphatic rings. The van der Waals surface area contributed by atoms with E-state index in [1.165, 1.54) is 0 Å². The number of anilines is 2. The molecule has 0 fully saturated rings. The average Bonchev–Trinajstić information content (AvgIpc) is 3.15. The first kappa shape index (κ1) is 28.3. The summed E-state index contributed by atoms with van der Waals surface area (Å²) in [5, 5.41) is 5.77. The van der Waals surface area contributed by atoms with E-state index in [0.29, 0.717) is 29.9 Å². The van der Waals surface area contributed by atoms with E-state index in [4.69, 9.17) is 0 Å². The van der Waals surface area contributed by atoms with Crippen LogP contribution in [0.1, 0.15) is 43.0 Å². The van der Waals surface area contributed by atoms with Crippen LogP contribution in [0.4, 0.5) is 11.4 Å². The minimum Gasteiger partial charge on any atom is -0.353 e. The standard InChI is InChI=1S/C30H36N4O4S/c1-20-9-7-8-10-24(20)30(27(35)31-17-18-34(5)6)25-19-22(13-16-26(25)32-28(30)36)33-39(37,38)23-14-11-21(12-15-23)29(2,3)4/h7-16,19,33H,17-18H2,1-6H3,(H,31,35)(H,32,36). The molecule has 0 bridgehead atoms. The maximum atomic E-state index is 13.9. The van der Waals surface area contributed by atoms with Gasteiger partial charge < -0.3 is 15.5 Å². The number of hydrogen-bond donors (Lipinski definition) is 3. The highest BCUT2D eigenvalue weighted by Gasteiger charge is 2.55. The van der Waals surface area contributed by atoms with Crippen LogP contribution in [-0.4, -0.2) is 52.3 Å². The Kier molecular flexibility index (Phi) is 7.60. The molecule has 4 rings (SSSR count). The van der Waals surface area contributed by atoms with Crippen LogP contribution in [0.5, 0.6) is 0 Å². The van der Waals surface area contributed by atoms with Crippen molar-refractivity contribution in [3.63, 3.8) is 0 Å². The smallest absolute Gasteiger partial charge is 0.261 e. The molecule has 3 N–H and O–H groups in total. The van der Waals surface area contributed by atoms with Gasteiger partial charge in [-0.1, -0.05) is 57.2 Å². The fourth-order valence-electron chi connectivity index (χ4n) is 4.85. The Morgan fingerprint density at radius 1 is 0.974 bits per heavy atom. The topological polar surface area (TPSA) is 108 Å². The second-order valence-corrected chi connectivity index (χ2v) is 12.9. The molecule has 0 spiro atoms. The van der Waals surface area contributed by atoms with Gasteiger partial charge in [-0.05, 0) is 73.5 Å². The number of aryl methyl sites for hydroxylation is 1. The van der Waals surface area contributed by atoms with Crippen LogP contribution in [0, 0.1) is 6.92 Å². The van der Waals surface area contributed by atoms with Crippen molar-refractivity contribution < 1.29 is 18.0 Å². The molecule has 8 nitrogen and oxygen atoms in total. The number of nitrogens with one attached hydrogen (secondary N) is 3. The number of nitrogens with zero attached hydrogens (tertiary/aromatic N) is 1. The molecule has 39 heavy (non-hydrogen) atoms. The molecular weight excluding hydrogens is 512 g/mol. The van der Waals surface area contributed by atoms with Gasteiger partial charge in [0.2, 0.25) is 11.8 Å². The number of sulfonamides is 1. The Bertz CT molecular complexity index is 1510. The van der Waals surface area contributed by atoms with Crippen molar-refractivity contribution in [1.29, 1.82) is 0 Å². The van der Waals surface area contributed by atoms with E-state index in [2.05, 4.69) is 36.1 Å². The van der Waals surface area contributed by atoms with Crippen molar-refractivity contribution in [3.05, 3.63) is 89.0 Å². The fourth-order valence-corrected chi connectivity index (χ4v) is 5.90. The van der Waals surface area contributed by atoms with E-state index in [1.54, 1.807) is 54.6 Å². The number of amides is 2. The van der Waals surface area contributed by atoms with Crippen LogP contribution in [0.3, 0.4) is 0 Å². The van der Waals surface area contributed by atoms with E-state index in [1.807, 2.05) is 38.1 Å². The molecule has 206 valence electrons. The predicted molar refractivity (Wildman–Crippen MR) is 155 cm³/mol. The zero-order chi connectivity index (χ0) is 28.6. The van der Waals surface area contributed by atoms with Crippen molar-refractivity contribution in [2.75, 3.05) is 37.2 Å². The third-order valence-electron chi connectivity index (χ3n) is 7.03. The molecule has 0 radical (unpaired) electrons. The Morgan fingerprint density at radius 2 is 1.64 bits per heavy atom. The van der Waals surface area contributed by atoms with Gasteiger partial charge in [0.05, 0.1) is 4.90 Å². The molecule has 0 saturated carbocycles. The number of benzene rings is 3. The van der Waals surface area contributed by atoms with Crippen LogP contribution < -0.4 is 15.4 Å². The molecular formula is C30H36N4O4S. The first-order valence-corrected chi connectivity index (χ1v) is 14.3. The van der Waals surface area contributed by atoms with E-state index < -0.39 is 27.3 Å². The number of hydrogen-bond acceptors (Lipinski definition) is 5. The lowest BCUT2D eigenvalue weighted by atomic mass is 9.72. The number of carbonyl (C=O) groups excluding carboxylic acids is 2. The highest BCUT2D eigenvalue weighted by molar-refractivity contribution is 7.92. The van der Waals surface area contributed by atoms with E-state index >= 15 is 0 Å². The van der Waals surface area contributed by atoms with Gasteiger partial charge in [-0.2, -0.15) is 0 Å². The zero-order valence-electron chi connectivity index (χ0n) is 23.3. The summed E-state index contributed by atoms with van der Waals surface area (Å²) < 4.78 is 29.2. The molecule has 9 heteroatoms. The highest BCUT2D eigenvalue weighted by Crippen LogP contribution is 2.45. The molecule has 1 aliphatic heterocycles. The molecule has 0 saturated heterocycles. The second-order valence-electron chi connectivity index (χ2n) is 11.2. The number of fused-ring (bicyclic) bond motifs is 1. The van der Waals surface area contributed by atoms with Crippen LogP contribution in [-0.2, 0) is 30.4 Å². The van der Waals surface area contributed by atoms with Crippen molar-refractivity contribution in [3.8, 4) is 0 Å². The first-order valence-electron chi connectivity index (χ1n) is 12.9. The summed E-state index contributed by atoms with van der Waals surface area (Å²) in [6.07, 6.45) is 0. The van der Waals surface area contributed by atoms with E-state index in [-0.39, 0.29) is 16.0 Å². The van der Waals surface area contributed by atoms with Gasteiger partial charge in [0, 0.05) is 30.0 Å². The lowest BCUT2D eigenvalue weighted by molar-refractivity contribution is -0.132. The van der Waals surface area contributed by atoms with Crippen LogP contribution >= 0.6 is 0 Å². The Balaban J connectivity index is 1.77. The number of likely N-dealkylation sites (N-methyl/N-ethyl adjacent to an activating group) is 1. The van der Waals surface area contributed by atoms with E-state index in [0.717, 1.165) is 11.1 Å². The normalized spacial score (nSPS) is 17.1. The van der Waals surface area contributed by atoms with Gasteiger partial charge in [0.1, 0.15) is 0 Å². The summed E-state index contributed by atoms with van der Waals surface area (Å²) in [5.74, 6) is -0.945. The van der Waals surface area contributed by atoms with Crippen molar-refractivity contribution in [1.82, 2.24) is 10.2 Å². The summed E-state index contributed by atoms with van der Waals surface area (Å²) in [5.41, 5.74) is 1.66. The second kappa shape index (κ2) is 10.5. The minimum absolute atomic E-state index is 0.110. The molecule has 3 aromatic carbocycles. The Labute approximate surface area is 230 Å². The Hall–Kier alpha value is -3.69. The first-order chi connectivity index (χ1) is 18.3. The van der Waals surface area contributed by atoms with Gasteiger partial charge in [0.25, 0.3) is 10.0 Å². The minimum atomic E-state index is -3.92. The van der Waals surface area contributed by atoms with Gasteiger partial charge in [-0.25, -0.2) is 8.42 Å². The summed E-state index contributed by atoms with van der Waals surface area (Å²) in [6, 6.07) is 18.8. The molecule has 1 heterocycles. The van der Waals surface area contributed by atoms with Gasteiger partial charge in [0.15, 0.2) is 5.41 Å². The molecule has 0 aromatic heterocycles. The highest BCUT2D eigenvalue weighted by atomic mass is 32.2. The predicted octanol–water partition coefficient (Wildman–Crippen LogP) is 4.01. The summed E-state index contributed by atoms with van der Waals surface area (Å²) in [6.45, 7) is 8.98. The van der Waals surface area contributed by atoms with Crippen LogP contribution in [0.25, 0.3) is 0 Å².